The molecule has 1 N–H and O–H groups in total. The van der Waals surface area contributed by atoms with E-state index in [1.807, 2.05) is 6.92 Å². The van der Waals surface area contributed by atoms with Crippen molar-refractivity contribution < 1.29 is 14.6 Å². The van der Waals surface area contributed by atoms with E-state index in [9.17, 15) is 9.90 Å². The zero-order valence-corrected chi connectivity index (χ0v) is 9.00. The van der Waals surface area contributed by atoms with Crippen LogP contribution in [0.3, 0.4) is 0 Å². The molecule has 0 radical (unpaired) electrons. The summed E-state index contributed by atoms with van der Waals surface area (Å²) in [4.78, 5) is 13.5. The number of aliphatic imine (C=N–C) groups is 1. The van der Waals surface area contributed by atoms with Crippen LogP contribution < -0.4 is 4.74 Å². The fourth-order valence-corrected chi connectivity index (χ4v) is 1.47. The van der Waals surface area contributed by atoms with Crippen molar-refractivity contribution in [2.45, 2.75) is 20.4 Å². The van der Waals surface area contributed by atoms with Crippen molar-refractivity contribution in [3.8, 4) is 11.5 Å². The topological polar surface area (TPSA) is 58.9 Å². The molecule has 1 aromatic rings. The molecule has 0 amide bonds. The number of methoxy groups -OCH3 is 1. The molecular formula is C11H13NO3. The molecular weight excluding hydrogens is 194 g/mol. The quantitative estimate of drug-likeness (QED) is 0.607. The van der Waals surface area contributed by atoms with Crippen LogP contribution in [0, 0.1) is 13.8 Å². The first-order valence-electron chi connectivity index (χ1n) is 4.51. The fourth-order valence-electron chi connectivity index (χ4n) is 1.47. The Hall–Kier alpha value is -1.80. The highest BCUT2D eigenvalue weighted by Crippen LogP contribution is 2.35. The van der Waals surface area contributed by atoms with E-state index >= 15 is 0 Å². The second-order valence-electron chi connectivity index (χ2n) is 3.27. The lowest BCUT2D eigenvalue weighted by atomic mass is 10.0. The third-order valence-electron chi connectivity index (χ3n) is 2.32. The van der Waals surface area contributed by atoms with Crippen molar-refractivity contribution in [2.75, 3.05) is 7.11 Å². The van der Waals surface area contributed by atoms with E-state index in [-0.39, 0.29) is 12.3 Å². The van der Waals surface area contributed by atoms with Crippen LogP contribution in [0.2, 0.25) is 0 Å². The van der Waals surface area contributed by atoms with Crippen LogP contribution in [0.15, 0.2) is 11.1 Å². The number of ether oxygens (including phenoxy) is 1. The number of phenols is 1. The van der Waals surface area contributed by atoms with E-state index in [1.165, 1.54) is 13.2 Å². The van der Waals surface area contributed by atoms with Gasteiger partial charge < -0.3 is 9.84 Å². The van der Waals surface area contributed by atoms with Gasteiger partial charge in [0.05, 0.1) is 13.7 Å². The molecule has 4 heteroatoms. The van der Waals surface area contributed by atoms with Gasteiger partial charge in [0.15, 0.2) is 11.5 Å². The van der Waals surface area contributed by atoms with Gasteiger partial charge in [-0.1, -0.05) is 0 Å². The van der Waals surface area contributed by atoms with Gasteiger partial charge in [0.1, 0.15) is 0 Å². The van der Waals surface area contributed by atoms with Crippen LogP contribution in [-0.2, 0) is 11.3 Å². The monoisotopic (exact) mass is 207 g/mol. The van der Waals surface area contributed by atoms with E-state index in [0.717, 1.165) is 11.1 Å². The number of rotatable bonds is 3. The molecule has 1 aromatic carbocycles. The van der Waals surface area contributed by atoms with Gasteiger partial charge in [-0.15, -0.1) is 0 Å². The lowest BCUT2D eigenvalue weighted by molar-refractivity contribution is 0.368. The van der Waals surface area contributed by atoms with E-state index in [1.54, 1.807) is 13.0 Å². The summed E-state index contributed by atoms with van der Waals surface area (Å²) >= 11 is 0. The molecule has 0 saturated carbocycles. The Labute approximate surface area is 88.2 Å². The number of hydrogen-bond acceptors (Lipinski definition) is 4. The van der Waals surface area contributed by atoms with Gasteiger partial charge in [0.25, 0.3) is 0 Å². The van der Waals surface area contributed by atoms with Crippen LogP contribution in [0.4, 0.5) is 0 Å². The molecule has 0 fully saturated rings. The summed E-state index contributed by atoms with van der Waals surface area (Å²) in [6, 6.07) is 1.79. The Bertz CT molecular complexity index is 420. The third kappa shape index (κ3) is 2.17. The van der Waals surface area contributed by atoms with E-state index in [4.69, 9.17) is 4.74 Å². The van der Waals surface area contributed by atoms with E-state index < -0.39 is 0 Å². The van der Waals surface area contributed by atoms with Crippen LogP contribution in [0.1, 0.15) is 16.7 Å². The Morgan fingerprint density at radius 3 is 2.73 bits per heavy atom. The highest BCUT2D eigenvalue weighted by molar-refractivity contribution is 5.54. The van der Waals surface area contributed by atoms with Gasteiger partial charge in [0.2, 0.25) is 6.08 Å². The molecule has 0 aliphatic heterocycles. The lowest BCUT2D eigenvalue weighted by Crippen LogP contribution is -1.95. The molecule has 0 spiro atoms. The second-order valence-corrected chi connectivity index (χ2v) is 3.27. The van der Waals surface area contributed by atoms with Gasteiger partial charge in [-0.25, -0.2) is 9.79 Å². The van der Waals surface area contributed by atoms with Gasteiger partial charge in [-0.3, -0.25) is 0 Å². The van der Waals surface area contributed by atoms with Crippen molar-refractivity contribution in [3.05, 3.63) is 22.8 Å². The fraction of sp³-hybridized carbons (Fsp3) is 0.364. The summed E-state index contributed by atoms with van der Waals surface area (Å²) < 4.78 is 5.09. The number of nitrogens with zero attached hydrogens (tertiary/aromatic N) is 1. The number of benzene rings is 1. The van der Waals surface area contributed by atoms with Crippen LogP contribution in [-0.4, -0.2) is 18.3 Å². The number of hydrogen-bond donors (Lipinski definition) is 1. The predicted octanol–water partition coefficient (Wildman–Crippen LogP) is 1.85. The minimum absolute atomic E-state index is 0.133. The minimum atomic E-state index is 0.133. The molecule has 0 bridgehead atoms. The summed E-state index contributed by atoms with van der Waals surface area (Å²) in [5.41, 5.74) is 2.35. The third-order valence-corrected chi connectivity index (χ3v) is 2.32. The average molecular weight is 207 g/mol. The Kier molecular flexibility index (Phi) is 3.47. The first-order valence-corrected chi connectivity index (χ1v) is 4.51. The van der Waals surface area contributed by atoms with Crippen molar-refractivity contribution in [2.24, 2.45) is 4.99 Å². The molecule has 0 aliphatic carbocycles. The standard InChI is InChI=1S/C11H13NO3/c1-7-4-9(5-12-6-13)8(2)11(15-3)10(7)14/h4,14H,5H2,1-3H3. The van der Waals surface area contributed by atoms with Gasteiger partial charge >= 0.3 is 0 Å². The molecule has 0 saturated heterocycles. The van der Waals surface area contributed by atoms with E-state index in [0.29, 0.717) is 11.3 Å². The summed E-state index contributed by atoms with van der Waals surface area (Å²) in [6.45, 7) is 3.84. The Balaban J connectivity index is 3.29. The molecule has 4 nitrogen and oxygen atoms in total. The smallest absolute Gasteiger partial charge is 0.235 e. The van der Waals surface area contributed by atoms with Crippen molar-refractivity contribution in [3.63, 3.8) is 0 Å². The molecule has 0 atom stereocenters. The lowest BCUT2D eigenvalue weighted by Gasteiger charge is -2.12. The summed E-state index contributed by atoms with van der Waals surface area (Å²) in [7, 11) is 1.49. The number of carbonyl (C=O) groups excluding carboxylic acids is 1. The zero-order chi connectivity index (χ0) is 11.4. The van der Waals surface area contributed by atoms with Crippen LogP contribution in [0.25, 0.3) is 0 Å². The van der Waals surface area contributed by atoms with Gasteiger partial charge in [-0.05, 0) is 36.6 Å². The molecule has 0 aliphatic rings. The normalized spacial score (nSPS) is 9.53. The summed E-state index contributed by atoms with van der Waals surface area (Å²) in [5.74, 6) is 0.569. The number of aromatic hydroxyl groups is 1. The Morgan fingerprint density at radius 2 is 2.20 bits per heavy atom. The zero-order valence-electron chi connectivity index (χ0n) is 9.00. The summed E-state index contributed by atoms with van der Waals surface area (Å²) in [5, 5.41) is 9.70. The van der Waals surface area contributed by atoms with Crippen molar-refractivity contribution >= 4 is 6.08 Å². The summed E-state index contributed by atoms with van der Waals surface area (Å²) in [6.07, 6.45) is 1.49. The molecule has 1 rings (SSSR count). The first-order chi connectivity index (χ1) is 7.11. The highest BCUT2D eigenvalue weighted by atomic mass is 16.5. The minimum Gasteiger partial charge on any atom is -0.504 e. The van der Waals surface area contributed by atoms with E-state index in [2.05, 4.69) is 4.99 Å². The maximum atomic E-state index is 10.0. The SMILES string of the molecule is COc1c(C)c(CN=C=O)cc(C)c1O. The number of isocyanates is 1. The highest BCUT2D eigenvalue weighted by Gasteiger charge is 2.12. The first kappa shape index (κ1) is 11.3. The molecule has 80 valence electrons. The van der Waals surface area contributed by atoms with Crippen molar-refractivity contribution in [1.29, 1.82) is 0 Å². The molecule has 0 unspecified atom stereocenters. The second kappa shape index (κ2) is 4.62. The average Bonchev–Trinajstić information content (AvgIpc) is 2.22. The van der Waals surface area contributed by atoms with Gasteiger partial charge in [-0.2, -0.15) is 0 Å². The molecule has 0 aromatic heterocycles. The maximum Gasteiger partial charge on any atom is 0.235 e. The van der Waals surface area contributed by atoms with Crippen LogP contribution >= 0.6 is 0 Å². The predicted molar refractivity (Wildman–Crippen MR) is 56.0 cm³/mol. The van der Waals surface area contributed by atoms with Gasteiger partial charge in [0, 0.05) is 0 Å². The number of phenolic OH excluding ortho intramolecular Hbond substituents is 1. The number of aryl methyl sites for hydroxylation is 1. The molecule has 15 heavy (non-hydrogen) atoms. The molecule has 0 heterocycles. The maximum absolute atomic E-state index is 10.0. The van der Waals surface area contributed by atoms with Crippen molar-refractivity contribution in [1.82, 2.24) is 0 Å². The Morgan fingerprint density at radius 1 is 1.53 bits per heavy atom. The largest absolute Gasteiger partial charge is 0.504 e. The van der Waals surface area contributed by atoms with Crippen LogP contribution in [0.5, 0.6) is 11.5 Å².